The molecule has 0 aliphatic carbocycles. The fourth-order valence-corrected chi connectivity index (χ4v) is 5.39. The second-order valence-corrected chi connectivity index (χ2v) is 9.43. The molecule has 2 saturated heterocycles. The van der Waals surface area contributed by atoms with E-state index in [9.17, 15) is 9.59 Å². The van der Waals surface area contributed by atoms with Gasteiger partial charge in [-0.15, -0.1) is 0 Å². The predicted molar refractivity (Wildman–Crippen MR) is 145 cm³/mol. The number of rotatable bonds is 7. The van der Waals surface area contributed by atoms with Crippen molar-refractivity contribution in [1.29, 1.82) is 0 Å². The molecule has 2 fully saturated rings. The van der Waals surface area contributed by atoms with Crippen LogP contribution in [0.4, 0.5) is 11.4 Å². The molecule has 0 bridgehead atoms. The van der Waals surface area contributed by atoms with Crippen LogP contribution < -0.4 is 19.4 Å². The van der Waals surface area contributed by atoms with Crippen molar-refractivity contribution in [2.45, 2.75) is 25.5 Å². The molecule has 6 rings (SSSR count). The van der Waals surface area contributed by atoms with Crippen molar-refractivity contribution in [2.24, 2.45) is 5.92 Å². The fraction of sp³-hybridized carbons (Fsp3) is 0.226. The monoisotopic (exact) mass is 508 g/mol. The Kier molecular flexibility index (Phi) is 6.21. The quantitative estimate of drug-likeness (QED) is 0.299. The predicted octanol–water partition coefficient (Wildman–Crippen LogP) is 5.69. The van der Waals surface area contributed by atoms with Gasteiger partial charge >= 0.3 is 0 Å². The SMILES string of the molecule is CCCOc1ccc([C@H]2[C@H]3C(=O)N(c4cccc5ccccc45)C(=O)[C@H]3ON2c2ccccc2)cc1OC. The third kappa shape index (κ3) is 3.87. The van der Waals surface area contributed by atoms with E-state index in [4.69, 9.17) is 14.3 Å². The molecule has 2 aliphatic heterocycles. The minimum Gasteiger partial charge on any atom is -0.493 e. The molecule has 7 heteroatoms. The van der Waals surface area contributed by atoms with E-state index in [-0.39, 0.29) is 11.8 Å². The van der Waals surface area contributed by atoms with E-state index in [2.05, 4.69) is 0 Å². The molecule has 192 valence electrons. The number of ether oxygens (including phenoxy) is 2. The van der Waals surface area contributed by atoms with Gasteiger partial charge in [-0.05, 0) is 47.7 Å². The average molecular weight is 509 g/mol. The second-order valence-electron chi connectivity index (χ2n) is 9.43. The lowest BCUT2D eigenvalue weighted by atomic mass is 9.90. The lowest BCUT2D eigenvalue weighted by Gasteiger charge is -2.29. The summed E-state index contributed by atoms with van der Waals surface area (Å²) in [6.45, 7) is 2.61. The summed E-state index contributed by atoms with van der Waals surface area (Å²) in [5.41, 5.74) is 2.12. The Morgan fingerprint density at radius 3 is 2.39 bits per heavy atom. The number of benzene rings is 4. The number of fused-ring (bicyclic) bond motifs is 2. The molecular formula is C31H28N2O5. The van der Waals surface area contributed by atoms with Crippen LogP contribution in [0.1, 0.15) is 24.9 Å². The first-order valence-corrected chi connectivity index (χ1v) is 12.8. The molecule has 0 saturated carbocycles. The van der Waals surface area contributed by atoms with E-state index in [1.807, 2.05) is 97.9 Å². The van der Waals surface area contributed by atoms with Crippen molar-refractivity contribution in [3.8, 4) is 11.5 Å². The zero-order valence-electron chi connectivity index (χ0n) is 21.2. The number of para-hydroxylation sites is 1. The van der Waals surface area contributed by atoms with Gasteiger partial charge < -0.3 is 9.47 Å². The molecule has 7 nitrogen and oxygen atoms in total. The topological polar surface area (TPSA) is 68.3 Å². The Bertz CT molecular complexity index is 1500. The minimum atomic E-state index is -0.950. The van der Waals surface area contributed by atoms with E-state index in [1.165, 1.54) is 4.90 Å². The highest BCUT2D eigenvalue weighted by Crippen LogP contribution is 2.49. The first-order chi connectivity index (χ1) is 18.6. The minimum absolute atomic E-state index is 0.287. The van der Waals surface area contributed by atoms with Crippen LogP contribution in [0.5, 0.6) is 11.5 Å². The van der Waals surface area contributed by atoms with Crippen molar-refractivity contribution in [1.82, 2.24) is 0 Å². The summed E-state index contributed by atoms with van der Waals surface area (Å²) < 4.78 is 11.5. The zero-order chi connectivity index (χ0) is 26.2. The van der Waals surface area contributed by atoms with Gasteiger partial charge in [-0.3, -0.25) is 14.4 Å². The van der Waals surface area contributed by atoms with Crippen molar-refractivity contribution in [3.05, 3.63) is 96.6 Å². The number of hydrogen-bond donors (Lipinski definition) is 0. The van der Waals surface area contributed by atoms with Gasteiger partial charge in [0.25, 0.3) is 5.91 Å². The summed E-state index contributed by atoms with van der Waals surface area (Å²) >= 11 is 0. The zero-order valence-corrected chi connectivity index (χ0v) is 21.2. The molecule has 0 unspecified atom stereocenters. The Balaban J connectivity index is 1.44. The molecule has 4 aromatic rings. The molecule has 2 heterocycles. The molecule has 2 amide bonds. The Morgan fingerprint density at radius 1 is 0.842 bits per heavy atom. The van der Waals surface area contributed by atoms with Crippen molar-refractivity contribution in [2.75, 3.05) is 23.7 Å². The highest BCUT2D eigenvalue weighted by molar-refractivity contribution is 6.26. The van der Waals surface area contributed by atoms with Crippen LogP contribution in [-0.4, -0.2) is 31.6 Å². The van der Waals surface area contributed by atoms with Crippen molar-refractivity contribution in [3.63, 3.8) is 0 Å². The van der Waals surface area contributed by atoms with Gasteiger partial charge in [0.2, 0.25) is 5.91 Å². The van der Waals surface area contributed by atoms with Crippen LogP contribution in [0.2, 0.25) is 0 Å². The van der Waals surface area contributed by atoms with Gasteiger partial charge in [0.15, 0.2) is 17.6 Å². The summed E-state index contributed by atoms with van der Waals surface area (Å²) in [6.07, 6.45) is -0.0817. The molecule has 3 atom stereocenters. The first kappa shape index (κ1) is 24.0. The number of nitrogens with zero attached hydrogens (tertiary/aromatic N) is 2. The largest absolute Gasteiger partial charge is 0.493 e. The van der Waals surface area contributed by atoms with Crippen LogP contribution in [0.15, 0.2) is 91.0 Å². The van der Waals surface area contributed by atoms with Crippen LogP contribution in [0.3, 0.4) is 0 Å². The van der Waals surface area contributed by atoms with Gasteiger partial charge in [0.05, 0.1) is 31.1 Å². The molecule has 0 spiro atoms. The van der Waals surface area contributed by atoms with Gasteiger partial charge in [-0.25, -0.2) is 9.96 Å². The molecule has 0 N–H and O–H groups in total. The number of imide groups is 1. The lowest BCUT2D eigenvalue weighted by Crippen LogP contribution is -2.37. The molecule has 2 aliphatic rings. The smallest absolute Gasteiger partial charge is 0.266 e. The van der Waals surface area contributed by atoms with Crippen LogP contribution in [-0.2, 0) is 14.4 Å². The van der Waals surface area contributed by atoms with E-state index in [0.29, 0.717) is 23.8 Å². The molecule has 0 aromatic heterocycles. The number of methoxy groups -OCH3 is 1. The Morgan fingerprint density at radius 2 is 1.61 bits per heavy atom. The number of hydroxylamine groups is 1. The second kappa shape index (κ2) is 9.84. The van der Waals surface area contributed by atoms with Gasteiger partial charge in [0.1, 0.15) is 5.92 Å². The Labute approximate surface area is 221 Å². The number of amides is 2. The Hall–Kier alpha value is -4.36. The van der Waals surface area contributed by atoms with Crippen molar-refractivity contribution < 1.29 is 23.9 Å². The lowest BCUT2D eigenvalue weighted by molar-refractivity contribution is -0.126. The summed E-state index contributed by atoms with van der Waals surface area (Å²) in [5.74, 6) is -0.199. The van der Waals surface area contributed by atoms with E-state index < -0.39 is 18.1 Å². The molecule has 38 heavy (non-hydrogen) atoms. The first-order valence-electron chi connectivity index (χ1n) is 12.8. The summed E-state index contributed by atoms with van der Waals surface area (Å²) in [4.78, 5) is 35.5. The number of hydrogen-bond acceptors (Lipinski definition) is 6. The maximum Gasteiger partial charge on any atom is 0.266 e. The average Bonchev–Trinajstić information content (AvgIpc) is 3.47. The number of anilines is 2. The third-order valence-electron chi connectivity index (χ3n) is 7.12. The van der Waals surface area contributed by atoms with E-state index in [0.717, 1.165) is 28.4 Å². The van der Waals surface area contributed by atoms with E-state index in [1.54, 1.807) is 12.2 Å². The van der Waals surface area contributed by atoms with Crippen LogP contribution in [0, 0.1) is 5.92 Å². The maximum atomic E-state index is 14.1. The molecule has 4 aromatic carbocycles. The van der Waals surface area contributed by atoms with Gasteiger partial charge in [-0.1, -0.05) is 67.6 Å². The summed E-state index contributed by atoms with van der Waals surface area (Å²) in [5, 5.41) is 3.48. The van der Waals surface area contributed by atoms with Gasteiger partial charge in [0, 0.05) is 5.39 Å². The standard InChI is InChI=1S/C31H28N2O5/c1-3-18-37-25-17-16-21(19-26(25)36-2)28-27-29(38-33(28)22-12-5-4-6-13-22)31(35)32(30(27)34)24-15-9-11-20-10-7-8-14-23(20)24/h4-17,19,27-29H,3,18H2,1-2H3/t27-,28+,29+/m1/s1. The number of carbonyl (C=O) groups excluding carboxylic acids is 2. The van der Waals surface area contributed by atoms with Crippen LogP contribution in [0.25, 0.3) is 10.8 Å². The summed E-state index contributed by atoms with van der Waals surface area (Å²) in [7, 11) is 1.59. The normalized spacial score (nSPS) is 20.7. The van der Waals surface area contributed by atoms with Gasteiger partial charge in [-0.2, -0.15) is 0 Å². The maximum absolute atomic E-state index is 14.1. The third-order valence-corrected chi connectivity index (χ3v) is 7.12. The molecule has 0 radical (unpaired) electrons. The van der Waals surface area contributed by atoms with Crippen LogP contribution >= 0.6 is 0 Å². The highest BCUT2D eigenvalue weighted by Gasteiger charge is 2.60. The summed E-state index contributed by atoms with van der Waals surface area (Å²) in [6, 6.07) is 28.0. The van der Waals surface area contributed by atoms with Crippen molar-refractivity contribution >= 4 is 34.0 Å². The molecular weight excluding hydrogens is 480 g/mol. The fourth-order valence-electron chi connectivity index (χ4n) is 5.39. The highest BCUT2D eigenvalue weighted by atomic mass is 16.7. The number of carbonyl (C=O) groups is 2. The van der Waals surface area contributed by atoms with E-state index >= 15 is 0 Å².